The smallest absolute Gasteiger partial charge is 0.251 e. The van der Waals surface area contributed by atoms with Gasteiger partial charge in [-0.3, -0.25) is 4.79 Å². The molecule has 0 aliphatic heterocycles. The normalized spacial score (nSPS) is 32.8. The molecular weight excluding hydrogens is 404 g/mol. The molecule has 2 N–H and O–H groups in total. The van der Waals surface area contributed by atoms with E-state index in [1.807, 2.05) is 36.4 Å². The van der Waals surface area contributed by atoms with Crippen LogP contribution < -0.4 is 5.32 Å². The molecule has 1 aromatic carbocycles. The maximum Gasteiger partial charge on any atom is 0.251 e. The summed E-state index contributed by atoms with van der Waals surface area (Å²) < 4.78 is 0. The Balaban J connectivity index is 1.29. The molecule has 3 saturated carbocycles. The first-order valence-corrected chi connectivity index (χ1v) is 11.6. The van der Waals surface area contributed by atoms with Crippen molar-refractivity contribution in [2.24, 2.45) is 17.8 Å². The molecule has 0 spiro atoms. The van der Waals surface area contributed by atoms with Crippen LogP contribution in [0.1, 0.15) is 48.9 Å². The molecule has 1 amide bonds. The zero-order chi connectivity index (χ0) is 20.0. The van der Waals surface area contributed by atoms with Gasteiger partial charge in [-0.1, -0.05) is 29.4 Å². The number of halogens is 1. The Labute approximate surface area is 180 Å². The minimum atomic E-state index is -0.482. The van der Waals surface area contributed by atoms with Gasteiger partial charge in [0, 0.05) is 22.7 Å². The monoisotopic (exact) mass is 428 g/mol. The summed E-state index contributed by atoms with van der Waals surface area (Å²) in [7, 11) is 0. The largest absolute Gasteiger partial charge is 0.390 e. The lowest BCUT2D eigenvalue weighted by Gasteiger charge is -2.33. The van der Waals surface area contributed by atoms with E-state index in [1.54, 1.807) is 6.20 Å². The van der Waals surface area contributed by atoms with Crippen LogP contribution in [0.4, 0.5) is 0 Å². The molecule has 3 bridgehead atoms. The van der Waals surface area contributed by atoms with Crippen LogP contribution in [0.5, 0.6) is 0 Å². The number of hydrogen-bond acceptors (Lipinski definition) is 4. The summed E-state index contributed by atoms with van der Waals surface area (Å²) in [6.45, 7) is 0. The number of pyridine rings is 1. The van der Waals surface area contributed by atoms with Crippen molar-refractivity contribution in [3.8, 4) is 0 Å². The van der Waals surface area contributed by atoms with E-state index < -0.39 is 5.60 Å². The number of fused-ring (bicyclic) bond motifs is 2. The molecule has 29 heavy (non-hydrogen) atoms. The third-order valence-electron chi connectivity index (χ3n) is 6.91. The van der Waals surface area contributed by atoms with Gasteiger partial charge in [-0.15, -0.1) is 0 Å². The summed E-state index contributed by atoms with van der Waals surface area (Å²) in [4.78, 5) is 18.3. The van der Waals surface area contributed by atoms with E-state index in [9.17, 15) is 9.90 Å². The lowest BCUT2D eigenvalue weighted by Crippen LogP contribution is -2.41. The van der Waals surface area contributed by atoms with Crippen molar-refractivity contribution in [2.75, 3.05) is 0 Å². The Kier molecular flexibility index (Phi) is 5.09. The third kappa shape index (κ3) is 4.05. The summed E-state index contributed by atoms with van der Waals surface area (Å²) in [6.07, 6.45) is 7.70. The molecule has 3 aliphatic carbocycles. The SMILES string of the molecule is O=C(NC1CCC2CC3CC(O)(C2)CC31)c1cccc(Sc2ccc(Cl)cn2)c1. The first-order chi connectivity index (χ1) is 14.0. The zero-order valence-corrected chi connectivity index (χ0v) is 17.8. The number of nitrogens with one attached hydrogen (secondary N) is 1. The van der Waals surface area contributed by atoms with Crippen LogP contribution in [0.15, 0.2) is 52.5 Å². The molecule has 0 radical (unpaired) electrons. The van der Waals surface area contributed by atoms with Gasteiger partial charge in [0.15, 0.2) is 0 Å². The number of aromatic nitrogens is 1. The van der Waals surface area contributed by atoms with Crippen molar-refractivity contribution in [1.29, 1.82) is 0 Å². The van der Waals surface area contributed by atoms with E-state index >= 15 is 0 Å². The van der Waals surface area contributed by atoms with Gasteiger partial charge in [0.25, 0.3) is 5.91 Å². The summed E-state index contributed by atoms with van der Waals surface area (Å²) in [5, 5.41) is 15.6. The lowest BCUT2D eigenvalue weighted by molar-refractivity contribution is -0.00594. The van der Waals surface area contributed by atoms with Crippen LogP contribution in [0, 0.1) is 17.8 Å². The van der Waals surface area contributed by atoms with Gasteiger partial charge in [-0.2, -0.15) is 0 Å². The maximum atomic E-state index is 13.0. The highest BCUT2D eigenvalue weighted by Gasteiger charge is 2.53. The topological polar surface area (TPSA) is 62.2 Å². The van der Waals surface area contributed by atoms with Crippen molar-refractivity contribution >= 4 is 29.3 Å². The van der Waals surface area contributed by atoms with E-state index in [4.69, 9.17) is 11.6 Å². The number of nitrogens with zero attached hydrogens (tertiary/aromatic N) is 1. The highest BCUT2D eigenvalue weighted by atomic mass is 35.5. The minimum absolute atomic E-state index is 0.0188. The van der Waals surface area contributed by atoms with Crippen molar-refractivity contribution in [3.63, 3.8) is 0 Å². The van der Waals surface area contributed by atoms with Crippen LogP contribution in [0.3, 0.4) is 0 Å². The fourth-order valence-electron chi connectivity index (χ4n) is 5.80. The molecule has 4 nitrogen and oxygen atoms in total. The van der Waals surface area contributed by atoms with Crippen molar-refractivity contribution in [2.45, 2.75) is 60.1 Å². The molecule has 0 saturated heterocycles. The van der Waals surface area contributed by atoms with Crippen LogP contribution in [0.25, 0.3) is 0 Å². The predicted octanol–water partition coefficient (Wildman–Crippen LogP) is 4.95. The van der Waals surface area contributed by atoms with Gasteiger partial charge in [-0.05, 0) is 86.6 Å². The number of aliphatic hydroxyl groups is 1. The fraction of sp³-hybridized carbons (Fsp3) is 0.478. The number of amides is 1. The van der Waals surface area contributed by atoms with E-state index in [1.165, 1.54) is 18.2 Å². The highest BCUT2D eigenvalue weighted by molar-refractivity contribution is 7.99. The summed E-state index contributed by atoms with van der Waals surface area (Å²) in [5.74, 6) is 1.57. The zero-order valence-electron chi connectivity index (χ0n) is 16.2. The fourth-order valence-corrected chi connectivity index (χ4v) is 6.72. The molecule has 2 aromatic rings. The second-order valence-corrected chi connectivity index (χ2v) is 10.5. The van der Waals surface area contributed by atoms with Gasteiger partial charge in [-0.25, -0.2) is 4.98 Å². The first kappa shape index (κ1) is 19.4. The van der Waals surface area contributed by atoms with Gasteiger partial charge in [0.2, 0.25) is 0 Å². The quantitative estimate of drug-likeness (QED) is 0.723. The van der Waals surface area contributed by atoms with Gasteiger partial charge in [0.05, 0.1) is 10.6 Å². The van der Waals surface area contributed by atoms with Gasteiger partial charge in [0.1, 0.15) is 5.03 Å². The summed E-state index contributed by atoms with van der Waals surface area (Å²) >= 11 is 7.42. The molecule has 1 aromatic heterocycles. The van der Waals surface area contributed by atoms with Crippen LogP contribution in [0.2, 0.25) is 5.02 Å². The number of rotatable bonds is 4. The number of hydrogen-bond donors (Lipinski definition) is 2. The summed E-state index contributed by atoms with van der Waals surface area (Å²) in [5.41, 5.74) is 0.190. The van der Waals surface area contributed by atoms with E-state index in [0.717, 1.165) is 42.0 Å². The predicted molar refractivity (Wildman–Crippen MR) is 114 cm³/mol. The Morgan fingerprint density at radius 2 is 2.10 bits per heavy atom. The van der Waals surface area contributed by atoms with E-state index in [-0.39, 0.29) is 11.9 Å². The average Bonchev–Trinajstić information content (AvgIpc) is 2.88. The van der Waals surface area contributed by atoms with Gasteiger partial charge < -0.3 is 10.4 Å². The van der Waals surface area contributed by atoms with Crippen molar-refractivity contribution < 1.29 is 9.90 Å². The summed E-state index contributed by atoms with van der Waals surface area (Å²) in [6, 6.07) is 11.5. The molecule has 5 rings (SSSR count). The third-order valence-corrected chi connectivity index (χ3v) is 8.07. The molecule has 3 fully saturated rings. The van der Waals surface area contributed by atoms with Crippen LogP contribution in [-0.2, 0) is 0 Å². The second kappa shape index (κ2) is 7.60. The number of benzene rings is 1. The molecule has 5 unspecified atom stereocenters. The Hall–Kier alpha value is -1.56. The number of carbonyl (C=O) groups excluding carboxylic acids is 1. The van der Waals surface area contributed by atoms with Crippen molar-refractivity contribution in [1.82, 2.24) is 10.3 Å². The molecule has 6 heteroatoms. The molecule has 1 heterocycles. The van der Waals surface area contributed by atoms with Crippen molar-refractivity contribution in [3.05, 3.63) is 53.2 Å². The first-order valence-electron chi connectivity index (χ1n) is 10.4. The Morgan fingerprint density at radius 3 is 2.93 bits per heavy atom. The van der Waals surface area contributed by atoms with Crippen LogP contribution in [-0.4, -0.2) is 27.6 Å². The average molecular weight is 429 g/mol. The molecular formula is C23H25ClN2O2S. The minimum Gasteiger partial charge on any atom is -0.390 e. The van der Waals surface area contributed by atoms with E-state index in [0.29, 0.717) is 28.3 Å². The van der Waals surface area contributed by atoms with Gasteiger partial charge >= 0.3 is 0 Å². The van der Waals surface area contributed by atoms with Crippen LogP contribution >= 0.6 is 23.4 Å². The van der Waals surface area contributed by atoms with E-state index in [2.05, 4.69) is 10.3 Å². The molecule has 5 atom stereocenters. The lowest BCUT2D eigenvalue weighted by atomic mass is 9.77. The Morgan fingerprint density at radius 1 is 1.21 bits per heavy atom. The highest BCUT2D eigenvalue weighted by Crippen LogP contribution is 2.55. The second-order valence-electron chi connectivity index (χ2n) is 8.96. The standard InChI is InChI=1S/C23H25ClN2O2S/c24-17-5-7-21(25-13-17)29-18-3-1-2-15(9-18)22(27)26-20-6-4-14-8-16-11-23(28,10-14)12-19(16)20/h1-3,5,7,9,13-14,16,19-20,28H,4,6,8,10-12H2,(H,26,27). The Bertz CT molecular complexity index is 921. The molecule has 3 aliphatic rings. The number of carbonyl (C=O) groups is 1. The maximum absolute atomic E-state index is 13.0. The molecule has 152 valence electrons.